The average Bonchev–Trinajstić information content (AvgIpc) is 3.09. The van der Waals surface area contributed by atoms with Crippen molar-refractivity contribution < 1.29 is 4.74 Å². The Morgan fingerprint density at radius 1 is 1.17 bits per heavy atom. The first kappa shape index (κ1) is 15.6. The fraction of sp³-hybridized carbons (Fsp3) is 0.389. The number of benzene rings is 1. The second-order valence-electron chi connectivity index (χ2n) is 6.26. The maximum absolute atomic E-state index is 6.09. The van der Waals surface area contributed by atoms with E-state index in [1.54, 1.807) is 6.20 Å². The first-order valence-corrected chi connectivity index (χ1v) is 9.04. The third-order valence-electron chi connectivity index (χ3n) is 4.40. The molecule has 1 fully saturated rings. The van der Waals surface area contributed by atoms with Crippen LogP contribution in [0, 0.1) is 0 Å². The van der Waals surface area contributed by atoms with Crippen molar-refractivity contribution >= 4 is 22.8 Å². The largest absolute Gasteiger partial charge is 0.372 e. The molecule has 4 rings (SSSR count). The van der Waals surface area contributed by atoms with Crippen molar-refractivity contribution in [3.05, 3.63) is 53.9 Å². The molecule has 1 aliphatic heterocycles. The van der Waals surface area contributed by atoms with Crippen LogP contribution < -0.4 is 0 Å². The standard InChI is InChI=1S/C18H20N4OS/c1-3-15(10-19-7-1)13-23-16-4-2-8-22(12-16)11-14-5-6-17-18(9-14)21-24-20-17/h1,3,5-7,9-10,16H,2,4,8,11-13H2. The number of rotatable bonds is 5. The smallest absolute Gasteiger partial charge is 0.105 e. The van der Waals surface area contributed by atoms with Gasteiger partial charge in [-0.05, 0) is 48.7 Å². The normalized spacial score (nSPS) is 18.9. The molecule has 5 nitrogen and oxygen atoms in total. The molecule has 1 saturated heterocycles. The highest BCUT2D eigenvalue weighted by molar-refractivity contribution is 7.00. The van der Waals surface area contributed by atoms with Gasteiger partial charge in [-0.15, -0.1) is 0 Å². The molecule has 0 spiro atoms. The molecule has 0 saturated carbocycles. The third kappa shape index (κ3) is 3.77. The Hall–Kier alpha value is -1.89. The molecule has 1 unspecified atom stereocenters. The lowest BCUT2D eigenvalue weighted by Crippen LogP contribution is -2.39. The quantitative estimate of drug-likeness (QED) is 0.713. The molecule has 1 atom stereocenters. The topological polar surface area (TPSA) is 51.1 Å². The Morgan fingerprint density at radius 2 is 2.12 bits per heavy atom. The molecule has 24 heavy (non-hydrogen) atoms. The van der Waals surface area contributed by atoms with Gasteiger partial charge in [-0.25, -0.2) is 0 Å². The number of fused-ring (bicyclic) bond motifs is 1. The molecular formula is C18H20N4OS. The summed E-state index contributed by atoms with van der Waals surface area (Å²) in [5, 5.41) is 0. The maximum Gasteiger partial charge on any atom is 0.105 e. The summed E-state index contributed by atoms with van der Waals surface area (Å²) in [7, 11) is 0. The van der Waals surface area contributed by atoms with Gasteiger partial charge in [0, 0.05) is 25.5 Å². The van der Waals surface area contributed by atoms with Crippen LogP contribution in [-0.4, -0.2) is 37.8 Å². The van der Waals surface area contributed by atoms with E-state index in [0.29, 0.717) is 12.7 Å². The van der Waals surface area contributed by atoms with Gasteiger partial charge >= 0.3 is 0 Å². The third-order valence-corrected chi connectivity index (χ3v) is 4.95. The molecule has 1 aliphatic rings. The van der Waals surface area contributed by atoms with E-state index >= 15 is 0 Å². The first-order chi connectivity index (χ1) is 11.9. The van der Waals surface area contributed by atoms with Crippen molar-refractivity contribution in [3.8, 4) is 0 Å². The molecule has 0 bridgehead atoms. The fourth-order valence-electron chi connectivity index (χ4n) is 3.17. The molecule has 6 heteroatoms. The van der Waals surface area contributed by atoms with Crippen LogP contribution in [0.2, 0.25) is 0 Å². The summed E-state index contributed by atoms with van der Waals surface area (Å²) in [6, 6.07) is 10.4. The van der Waals surface area contributed by atoms with Crippen LogP contribution in [0.4, 0.5) is 0 Å². The van der Waals surface area contributed by atoms with E-state index in [9.17, 15) is 0 Å². The number of pyridine rings is 1. The second kappa shape index (κ2) is 7.34. The summed E-state index contributed by atoms with van der Waals surface area (Å²) in [5.41, 5.74) is 4.41. The number of aromatic nitrogens is 3. The molecule has 124 valence electrons. The first-order valence-electron chi connectivity index (χ1n) is 8.31. The van der Waals surface area contributed by atoms with Crippen molar-refractivity contribution in [2.24, 2.45) is 0 Å². The van der Waals surface area contributed by atoms with Crippen LogP contribution in [0.15, 0.2) is 42.7 Å². The summed E-state index contributed by atoms with van der Waals surface area (Å²) in [6.07, 6.45) is 6.27. The van der Waals surface area contributed by atoms with Gasteiger partial charge in [0.05, 0.1) is 24.4 Å². The molecule has 0 amide bonds. The predicted molar refractivity (Wildman–Crippen MR) is 94.7 cm³/mol. The van der Waals surface area contributed by atoms with Crippen LogP contribution in [0.25, 0.3) is 11.0 Å². The van der Waals surface area contributed by atoms with Gasteiger partial charge in [0.1, 0.15) is 11.0 Å². The van der Waals surface area contributed by atoms with Crippen LogP contribution in [0.1, 0.15) is 24.0 Å². The van der Waals surface area contributed by atoms with E-state index in [1.165, 1.54) is 23.7 Å². The van der Waals surface area contributed by atoms with E-state index in [0.717, 1.165) is 42.7 Å². The molecule has 2 aromatic heterocycles. The van der Waals surface area contributed by atoms with Gasteiger partial charge in [0.2, 0.25) is 0 Å². The van der Waals surface area contributed by atoms with Crippen molar-refractivity contribution in [3.63, 3.8) is 0 Å². The Balaban J connectivity index is 1.34. The molecular weight excluding hydrogens is 320 g/mol. The summed E-state index contributed by atoms with van der Waals surface area (Å²) in [6.45, 7) is 3.69. The van der Waals surface area contributed by atoms with Gasteiger partial charge in [-0.2, -0.15) is 8.75 Å². The minimum atomic E-state index is 0.295. The molecule has 0 aliphatic carbocycles. The number of ether oxygens (including phenoxy) is 1. The molecule has 3 heterocycles. The molecule has 0 radical (unpaired) electrons. The zero-order chi connectivity index (χ0) is 16.2. The minimum absolute atomic E-state index is 0.295. The lowest BCUT2D eigenvalue weighted by Gasteiger charge is -2.32. The SMILES string of the molecule is c1cncc(COC2CCCN(Cc3ccc4nsnc4c3)C2)c1. The van der Waals surface area contributed by atoms with Crippen molar-refractivity contribution in [2.45, 2.75) is 32.1 Å². The van der Waals surface area contributed by atoms with Gasteiger partial charge < -0.3 is 4.74 Å². The van der Waals surface area contributed by atoms with E-state index < -0.39 is 0 Å². The van der Waals surface area contributed by atoms with Crippen molar-refractivity contribution in [2.75, 3.05) is 13.1 Å². The summed E-state index contributed by atoms with van der Waals surface area (Å²) in [4.78, 5) is 6.61. The summed E-state index contributed by atoms with van der Waals surface area (Å²) in [5.74, 6) is 0. The lowest BCUT2D eigenvalue weighted by atomic mass is 10.1. The zero-order valence-electron chi connectivity index (χ0n) is 13.5. The van der Waals surface area contributed by atoms with E-state index in [4.69, 9.17) is 4.74 Å². The van der Waals surface area contributed by atoms with Crippen LogP contribution in [0.3, 0.4) is 0 Å². The number of hydrogen-bond acceptors (Lipinski definition) is 6. The van der Waals surface area contributed by atoms with Crippen molar-refractivity contribution in [1.82, 2.24) is 18.6 Å². The maximum atomic E-state index is 6.09. The van der Waals surface area contributed by atoms with Gasteiger partial charge in [0.25, 0.3) is 0 Å². The van der Waals surface area contributed by atoms with Crippen LogP contribution in [-0.2, 0) is 17.9 Å². The Bertz CT molecular complexity index is 792. The van der Waals surface area contributed by atoms with E-state index in [-0.39, 0.29) is 0 Å². The highest BCUT2D eigenvalue weighted by Gasteiger charge is 2.20. The van der Waals surface area contributed by atoms with E-state index in [1.807, 2.05) is 12.3 Å². The number of hydrogen-bond donors (Lipinski definition) is 0. The molecule has 0 N–H and O–H groups in total. The Kier molecular flexibility index (Phi) is 4.78. The van der Waals surface area contributed by atoms with Gasteiger partial charge in [-0.3, -0.25) is 9.88 Å². The predicted octanol–water partition coefficient (Wildman–Crippen LogP) is 3.27. The average molecular weight is 340 g/mol. The number of likely N-dealkylation sites (tertiary alicyclic amines) is 1. The number of nitrogens with zero attached hydrogens (tertiary/aromatic N) is 4. The van der Waals surface area contributed by atoms with Gasteiger partial charge in [-0.1, -0.05) is 12.1 Å². The van der Waals surface area contributed by atoms with Crippen molar-refractivity contribution in [1.29, 1.82) is 0 Å². The van der Waals surface area contributed by atoms with E-state index in [2.05, 4.69) is 42.9 Å². The summed E-state index contributed by atoms with van der Waals surface area (Å²) >= 11 is 1.27. The molecule has 3 aromatic rings. The van der Waals surface area contributed by atoms with Gasteiger partial charge in [0.15, 0.2) is 0 Å². The van der Waals surface area contributed by atoms with Crippen LogP contribution in [0.5, 0.6) is 0 Å². The Labute approximate surface area is 145 Å². The lowest BCUT2D eigenvalue weighted by molar-refractivity contribution is -0.0121. The van der Waals surface area contributed by atoms with Crippen LogP contribution >= 0.6 is 11.7 Å². The highest BCUT2D eigenvalue weighted by Crippen LogP contribution is 2.19. The summed E-state index contributed by atoms with van der Waals surface area (Å²) < 4.78 is 14.7. The highest BCUT2D eigenvalue weighted by atomic mass is 32.1. The monoisotopic (exact) mass is 340 g/mol. The Morgan fingerprint density at radius 3 is 3.04 bits per heavy atom. The minimum Gasteiger partial charge on any atom is -0.372 e. The zero-order valence-corrected chi connectivity index (χ0v) is 14.3. The number of piperidine rings is 1. The fourth-order valence-corrected chi connectivity index (χ4v) is 3.69. The second-order valence-corrected chi connectivity index (χ2v) is 6.79. The molecule has 1 aromatic carbocycles.